The lowest BCUT2D eigenvalue weighted by Gasteiger charge is -2.12. The number of halogens is 1. The molecule has 0 aromatic heterocycles. The zero-order chi connectivity index (χ0) is 17.3. The van der Waals surface area contributed by atoms with Gasteiger partial charge < -0.3 is 5.73 Å². The van der Waals surface area contributed by atoms with Crippen LogP contribution in [0.5, 0.6) is 0 Å². The minimum atomic E-state index is -0.0564. The smallest absolute Gasteiger partial charge is 0.186 e. The van der Waals surface area contributed by atoms with E-state index in [1.165, 1.54) is 0 Å². The molecule has 0 saturated carbocycles. The highest BCUT2D eigenvalue weighted by Crippen LogP contribution is 2.30. The lowest BCUT2D eigenvalue weighted by molar-refractivity contribution is -0.114. The Morgan fingerprint density at radius 2 is 1.79 bits per heavy atom. The van der Waals surface area contributed by atoms with Gasteiger partial charge in [-0.1, -0.05) is 55.0 Å². The maximum absolute atomic E-state index is 12.6. The van der Waals surface area contributed by atoms with Crippen LogP contribution in [-0.4, -0.2) is 18.0 Å². The van der Waals surface area contributed by atoms with Gasteiger partial charge in [0, 0.05) is 27.4 Å². The largest absolute Gasteiger partial charge is 0.402 e. The fourth-order valence-corrected chi connectivity index (χ4v) is 3.04. The maximum Gasteiger partial charge on any atom is 0.186 e. The van der Waals surface area contributed by atoms with Crippen molar-refractivity contribution < 1.29 is 4.79 Å². The van der Waals surface area contributed by atoms with E-state index in [4.69, 9.17) is 17.3 Å². The number of nitrogens with zero attached hydrogens (tertiary/aromatic N) is 1. The van der Waals surface area contributed by atoms with E-state index < -0.39 is 0 Å². The summed E-state index contributed by atoms with van der Waals surface area (Å²) in [6.07, 6.45) is 8.19. The first kappa shape index (κ1) is 16.5. The SMILES string of the molecule is CC(N)=C1C(=O)CN=C(c2ccc(Cl)cc2)C2=C1C=CC(C)C=C2. The molecule has 1 unspecified atom stereocenters. The second kappa shape index (κ2) is 6.62. The van der Waals surface area contributed by atoms with Crippen molar-refractivity contribution in [3.05, 3.63) is 81.6 Å². The van der Waals surface area contributed by atoms with Gasteiger partial charge in [0.05, 0.1) is 5.71 Å². The molecule has 1 aromatic rings. The van der Waals surface area contributed by atoms with Crippen molar-refractivity contribution in [1.29, 1.82) is 0 Å². The second-order valence-corrected chi connectivity index (χ2v) is 6.49. The summed E-state index contributed by atoms with van der Waals surface area (Å²) in [6.45, 7) is 3.95. The summed E-state index contributed by atoms with van der Waals surface area (Å²) in [5, 5.41) is 0.668. The fourth-order valence-electron chi connectivity index (χ4n) is 2.92. The van der Waals surface area contributed by atoms with E-state index in [1.54, 1.807) is 6.92 Å². The summed E-state index contributed by atoms with van der Waals surface area (Å²) in [5.74, 6) is 0.219. The van der Waals surface area contributed by atoms with Gasteiger partial charge in [-0.3, -0.25) is 9.79 Å². The van der Waals surface area contributed by atoms with Gasteiger partial charge in [0.1, 0.15) is 6.54 Å². The first-order valence-electron chi connectivity index (χ1n) is 7.88. The Morgan fingerprint density at radius 1 is 1.17 bits per heavy atom. The average Bonchev–Trinajstić information content (AvgIpc) is 2.80. The number of Topliss-reactive ketones (excluding diaryl/α,β-unsaturated/α-hetero) is 1. The van der Waals surface area contributed by atoms with Crippen LogP contribution in [0, 0.1) is 5.92 Å². The monoisotopic (exact) mass is 338 g/mol. The van der Waals surface area contributed by atoms with Crippen molar-refractivity contribution in [1.82, 2.24) is 0 Å². The first-order valence-corrected chi connectivity index (χ1v) is 8.26. The number of carbonyl (C=O) groups excluding carboxylic acids is 1. The fraction of sp³-hybridized carbons (Fsp3) is 0.200. The topological polar surface area (TPSA) is 55.5 Å². The van der Waals surface area contributed by atoms with Gasteiger partial charge in [-0.2, -0.15) is 0 Å². The lowest BCUT2D eigenvalue weighted by Crippen LogP contribution is -2.13. The summed E-state index contributed by atoms with van der Waals surface area (Å²) in [4.78, 5) is 17.2. The summed E-state index contributed by atoms with van der Waals surface area (Å²) in [5.41, 5.74) is 10.6. The third kappa shape index (κ3) is 3.13. The number of hydrogen-bond donors (Lipinski definition) is 1. The molecule has 3 rings (SSSR count). The lowest BCUT2D eigenvalue weighted by atomic mass is 9.91. The van der Waals surface area contributed by atoms with E-state index in [0.29, 0.717) is 16.3 Å². The molecule has 24 heavy (non-hydrogen) atoms. The average molecular weight is 339 g/mol. The number of hydrogen-bond acceptors (Lipinski definition) is 3. The Bertz CT molecular complexity index is 835. The van der Waals surface area contributed by atoms with Crippen molar-refractivity contribution in [2.75, 3.05) is 6.54 Å². The number of ketones is 1. The van der Waals surface area contributed by atoms with Crippen LogP contribution in [0.3, 0.4) is 0 Å². The third-order valence-electron chi connectivity index (χ3n) is 4.12. The van der Waals surface area contributed by atoms with Crippen molar-refractivity contribution in [3.63, 3.8) is 0 Å². The molecule has 0 fully saturated rings. The zero-order valence-electron chi connectivity index (χ0n) is 13.7. The highest BCUT2D eigenvalue weighted by molar-refractivity contribution is 6.30. The predicted molar refractivity (Wildman–Crippen MR) is 99.2 cm³/mol. The Kier molecular flexibility index (Phi) is 4.54. The molecule has 122 valence electrons. The summed E-state index contributed by atoms with van der Waals surface area (Å²) >= 11 is 6.00. The van der Waals surface area contributed by atoms with Crippen LogP contribution in [0.1, 0.15) is 19.4 Å². The van der Waals surface area contributed by atoms with Crippen LogP contribution >= 0.6 is 11.6 Å². The van der Waals surface area contributed by atoms with Crippen LogP contribution in [0.2, 0.25) is 5.02 Å². The number of benzene rings is 1. The normalized spacial score (nSPS) is 22.7. The molecule has 1 aromatic carbocycles. The second-order valence-electron chi connectivity index (χ2n) is 6.06. The van der Waals surface area contributed by atoms with Gasteiger partial charge >= 0.3 is 0 Å². The molecule has 4 heteroatoms. The quantitative estimate of drug-likeness (QED) is 0.787. The minimum absolute atomic E-state index is 0.0564. The molecule has 1 atom stereocenters. The van der Waals surface area contributed by atoms with Crippen LogP contribution in [0.15, 0.2) is 76.0 Å². The number of rotatable bonds is 1. The van der Waals surface area contributed by atoms with Crippen LogP contribution in [0.25, 0.3) is 0 Å². The Balaban J connectivity index is 2.26. The van der Waals surface area contributed by atoms with Crippen LogP contribution < -0.4 is 5.73 Å². The molecular formula is C20H19ClN2O. The molecule has 1 aliphatic heterocycles. The number of carbonyl (C=O) groups is 1. The molecule has 0 amide bonds. The molecule has 0 spiro atoms. The van der Waals surface area contributed by atoms with Crippen molar-refractivity contribution in [3.8, 4) is 0 Å². The Morgan fingerprint density at radius 3 is 2.42 bits per heavy atom. The third-order valence-corrected chi connectivity index (χ3v) is 4.37. The van der Waals surface area contributed by atoms with Gasteiger partial charge in [0.25, 0.3) is 0 Å². The first-order chi connectivity index (χ1) is 11.5. The van der Waals surface area contributed by atoms with Crippen LogP contribution in [0.4, 0.5) is 0 Å². The van der Waals surface area contributed by atoms with Crippen molar-refractivity contribution in [2.24, 2.45) is 16.6 Å². The standard InChI is InChI=1S/C20H19ClN2O/c1-12-3-9-16-17(10-4-12)20(14-5-7-15(21)8-6-14)23-11-18(24)19(16)13(2)22/h3-10,12H,11,22H2,1-2H3. The molecule has 2 N–H and O–H groups in total. The summed E-state index contributed by atoms with van der Waals surface area (Å²) < 4.78 is 0. The molecule has 1 aliphatic carbocycles. The highest BCUT2D eigenvalue weighted by atomic mass is 35.5. The molecule has 0 saturated heterocycles. The molecule has 0 bridgehead atoms. The van der Waals surface area contributed by atoms with E-state index >= 15 is 0 Å². The van der Waals surface area contributed by atoms with Gasteiger partial charge in [-0.25, -0.2) is 0 Å². The minimum Gasteiger partial charge on any atom is -0.402 e. The number of nitrogens with two attached hydrogens (primary N) is 1. The molecule has 3 nitrogen and oxygen atoms in total. The van der Waals surface area contributed by atoms with E-state index in [1.807, 2.05) is 36.4 Å². The predicted octanol–water partition coefficient (Wildman–Crippen LogP) is 4.00. The molecular weight excluding hydrogens is 320 g/mol. The van der Waals surface area contributed by atoms with E-state index in [-0.39, 0.29) is 18.2 Å². The van der Waals surface area contributed by atoms with Crippen LogP contribution in [-0.2, 0) is 4.79 Å². The molecule has 0 radical (unpaired) electrons. The maximum atomic E-state index is 12.6. The zero-order valence-corrected chi connectivity index (χ0v) is 14.5. The highest BCUT2D eigenvalue weighted by Gasteiger charge is 2.25. The summed E-state index contributed by atoms with van der Waals surface area (Å²) in [6, 6.07) is 7.50. The summed E-state index contributed by atoms with van der Waals surface area (Å²) in [7, 11) is 0. The van der Waals surface area contributed by atoms with Gasteiger partial charge in [0.15, 0.2) is 5.78 Å². The van der Waals surface area contributed by atoms with Gasteiger partial charge in [0.2, 0.25) is 0 Å². The van der Waals surface area contributed by atoms with Crippen molar-refractivity contribution in [2.45, 2.75) is 13.8 Å². The number of aliphatic imine (C=N–C) groups is 1. The van der Waals surface area contributed by atoms with Gasteiger partial charge in [-0.15, -0.1) is 0 Å². The van der Waals surface area contributed by atoms with E-state index in [9.17, 15) is 4.79 Å². The van der Waals surface area contributed by atoms with Crippen molar-refractivity contribution >= 4 is 23.1 Å². The van der Waals surface area contributed by atoms with E-state index in [0.717, 1.165) is 22.4 Å². The molecule has 1 heterocycles. The Labute approximate surface area is 146 Å². The van der Waals surface area contributed by atoms with Gasteiger partial charge in [-0.05, 0) is 30.5 Å². The van der Waals surface area contributed by atoms with E-state index in [2.05, 4.69) is 24.1 Å². The Hall–Kier alpha value is -2.39. The number of allylic oxidation sites excluding steroid dienone is 7. The molecule has 2 aliphatic rings.